The highest BCUT2D eigenvalue weighted by Crippen LogP contribution is 2.26. The molecule has 2 aromatic carbocycles. The summed E-state index contributed by atoms with van der Waals surface area (Å²) in [5.41, 5.74) is 3.77. The van der Waals surface area contributed by atoms with Gasteiger partial charge in [-0.2, -0.15) is 5.01 Å². The van der Waals surface area contributed by atoms with Gasteiger partial charge in [-0.3, -0.25) is 0 Å². The van der Waals surface area contributed by atoms with Crippen LogP contribution in [0.2, 0.25) is 0 Å². The number of aryl methyl sites for hydroxylation is 2. The Labute approximate surface area is 101 Å². The molecule has 0 spiro atoms. The maximum Gasteiger partial charge on any atom is 0.0687 e. The Morgan fingerprint density at radius 2 is 1.35 bits per heavy atom. The summed E-state index contributed by atoms with van der Waals surface area (Å²) in [5.74, 6) is 0. The van der Waals surface area contributed by atoms with Gasteiger partial charge in [0.15, 0.2) is 0 Å². The zero-order valence-corrected chi connectivity index (χ0v) is 9.92. The van der Waals surface area contributed by atoms with Crippen LogP contribution >= 0.6 is 0 Å². The maximum atomic E-state index is 11.0. The molecule has 0 fully saturated rings. The Morgan fingerprint density at radius 3 is 1.71 bits per heavy atom. The molecule has 0 saturated heterocycles. The van der Waals surface area contributed by atoms with E-state index >= 15 is 0 Å². The van der Waals surface area contributed by atoms with Crippen molar-refractivity contribution in [2.75, 3.05) is 5.01 Å². The molecule has 0 unspecified atom stereocenters. The van der Waals surface area contributed by atoms with Gasteiger partial charge in [-0.1, -0.05) is 24.3 Å². The molecule has 3 nitrogen and oxygen atoms in total. The lowest BCUT2D eigenvalue weighted by molar-refractivity contribution is 1.06. The normalized spacial score (nSPS) is 10.0. The molecule has 0 aliphatic rings. The summed E-state index contributed by atoms with van der Waals surface area (Å²) in [6.07, 6.45) is 0. The van der Waals surface area contributed by atoms with Crippen LogP contribution in [0.1, 0.15) is 11.1 Å². The molecule has 0 saturated carbocycles. The van der Waals surface area contributed by atoms with E-state index in [1.807, 2.05) is 62.4 Å². The molecule has 0 atom stereocenters. The van der Waals surface area contributed by atoms with Crippen LogP contribution in [0.5, 0.6) is 0 Å². The zero-order chi connectivity index (χ0) is 12.3. The van der Waals surface area contributed by atoms with Crippen molar-refractivity contribution in [3.05, 3.63) is 64.6 Å². The molecule has 0 bridgehead atoms. The predicted octanol–water partition coefficient (Wildman–Crippen LogP) is 4.12. The van der Waals surface area contributed by atoms with Gasteiger partial charge in [0.2, 0.25) is 0 Å². The molecule has 2 aromatic rings. The lowest BCUT2D eigenvalue weighted by Gasteiger charge is -2.16. The van der Waals surface area contributed by atoms with E-state index in [-0.39, 0.29) is 0 Å². The first-order valence-electron chi connectivity index (χ1n) is 5.47. The van der Waals surface area contributed by atoms with Crippen LogP contribution < -0.4 is 5.01 Å². The summed E-state index contributed by atoms with van der Waals surface area (Å²) in [6, 6.07) is 15.4. The summed E-state index contributed by atoms with van der Waals surface area (Å²) in [5, 5.41) is 4.50. The Balaban J connectivity index is 2.43. The Hall–Kier alpha value is -2.16. The molecule has 86 valence electrons. The number of benzene rings is 2. The Bertz CT molecular complexity index is 492. The first-order chi connectivity index (χ1) is 8.20. The smallest absolute Gasteiger partial charge is 0.0687 e. The molecular formula is C14H14N2O. The first kappa shape index (κ1) is 11.3. The molecule has 0 N–H and O–H groups in total. The highest BCUT2D eigenvalue weighted by atomic mass is 16.3. The van der Waals surface area contributed by atoms with Crippen molar-refractivity contribution < 1.29 is 0 Å². The average molecular weight is 226 g/mol. The molecule has 0 aliphatic carbocycles. The quantitative estimate of drug-likeness (QED) is 0.582. The number of nitrogens with zero attached hydrogens (tertiary/aromatic N) is 2. The number of rotatable bonds is 3. The summed E-state index contributed by atoms with van der Waals surface area (Å²) in [7, 11) is 0. The molecular weight excluding hydrogens is 212 g/mol. The molecule has 0 aromatic heterocycles. The van der Waals surface area contributed by atoms with E-state index < -0.39 is 0 Å². The molecule has 2 rings (SSSR count). The van der Waals surface area contributed by atoms with E-state index in [2.05, 4.69) is 5.29 Å². The third-order valence-corrected chi connectivity index (χ3v) is 2.57. The lowest BCUT2D eigenvalue weighted by Crippen LogP contribution is -2.07. The van der Waals surface area contributed by atoms with Crippen LogP contribution in [0.3, 0.4) is 0 Å². The van der Waals surface area contributed by atoms with Gasteiger partial charge in [-0.25, -0.2) is 0 Å². The number of anilines is 2. The van der Waals surface area contributed by atoms with Crippen LogP contribution in [-0.2, 0) is 0 Å². The van der Waals surface area contributed by atoms with Crippen molar-refractivity contribution in [1.29, 1.82) is 0 Å². The maximum absolute atomic E-state index is 11.0. The van der Waals surface area contributed by atoms with Crippen LogP contribution in [0.25, 0.3) is 0 Å². The zero-order valence-electron chi connectivity index (χ0n) is 9.92. The lowest BCUT2D eigenvalue weighted by atomic mass is 10.2. The van der Waals surface area contributed by atoms with Crippen LogP contribution in [0.15, 0.2) is 53.8 Å². The van der Waals surface area contributed by atoms with E-state index in [1.165, 1.54) is 5.01 Å². The van der Waals surface area contributed by atoms with E-state index in [0.29, 0.717) is 0 Å². The van der Waals surface area contributed by atoms with E-state index in [0.717, 1.165) is 22.5 Å². The Kier molecular flexibility index (Phi) is 3.19. The van der Waals surface area contributed by atoms with Crippen LogP contribution in [0.4, 0.5) is 11.4 Å². The van der Waals surface area contributed by atoms with Crippen LogP contribution in [-0.4, -0.2) is 0 Å². The van der Waals surface area contributed by atoms with Gasteiger partial charge in [0.1, 0.15) is 0 Å². The summed E-state index contributed by atoms with van der Waals surface area (Å²) in [4.78, 5) is 11.0. The van der Waals surface area contributed by atoms with Gasteiger partial charge in [-0.15, -0.1) is 4.91 Å². The van der Waals surface area contributed by atoms with E-state index in [1.54, 1.807) is 0 Å². The summed E-state index contributed by atoms with van der Waals surface area (Å²) < 4.78 is 0. The summed E-state index contributed by atoms with van der Waals surface area (Å²) >= 11 is 0. The largest absolute Gasteiger partial charge is 0.197 e. The number of hydrogen-bond acceptors (Lipinski definition) is 2. The Morgan fingerprint density at radius 1 is 0.882 bits per heavy atom. The fraction of sp³-hybridized carbons (Fsp3) is 0.143. The van der Waals surface area contributed by atoms with Crippen molar-refractivity contribution in [3.63, 3.8) is 0 Å². The fourth-order valence-corrected chi connectivity index (χ4v) is 1.76. The van der Waals surface area contributed by atoms with E-state index in [9.17, 15) is 4.91 Å². The fourth-order valence-electron chi connectivity index (χ4n) is 1.76. The highest BCUT2D eigenvalue weighted by molar-refractivity contribution is 5.63. The molecule has 0 heterocycles. The van der Waals surface area contributed by atoms with Gasteiger partial charge >= 0.3 is 0 Å². The minimum atomic E-state index is 0.783. The van der Waals surface area contributed by atoms with Gasteiger partial charge in [0.05, 0.1) is 16.7 Å². The third-order valence-electron chi connectivity index (χ3n) is 2.57. The predicted molar refractivity (Wildman–Crippen MR) is 70.3 cm³/mol. The minimum absolute atomic E-state index is 0.783. The van der Waals surface area contributed by atoms with Crippen LogP contribution in [0, 0.1) is 18.8 Å². The SMILES string of the molecule is Cc1cccc(N(N=O)c2cccc(C)c2)c1. The van der Waals surface area contributed by atoms with Crippen molar-refractivity contribution >= 4 is 11.4 Å². The standard InChI is InChI=1S/C14H14N2O/c1-11-5-3-7-13(9-11)16(15-17)14-8-4-6-12(2)10-14/h3-10H,1-2H3. The van der Waals surface area contributed by atoms with Gasteiger partial charge < -0.3 is 0 Å². The highest BCUT2D eigenvalue weighted by Gasteiger charge is 2.09. The number of hydrogen-bond donors (Lipinski definition) is 0. The molecule has 0 aliphatic heterocycles. The van der Waals surface area contributed by atoms with Crippen molar-refractivity contribution in [2.45, 2.75) is 13.8 Å². The first-order valence-corrected chi connectivity index (χ1v) is 5.47. The second kappa shape index (κ2) is 4.78. The van der Waals surface area contributed by atoms with Crippen molar-refractivity contribution in [1.82, 2.24) is 0 Å². The average Bonchev–Trinajstić information content (AvgIpc) is 2.30. The van der Waals surface area contributed by atoms with Crippen molar-refractivity contribution in [2.24, 2.45) is 5.29 Å². The topological polar surface area (TPSA) is 32.7 Å². The molecule has 17 heavy (non-hydrogen) atoms. The van der Waals surface area contributed by atoms with E-state index in [4.69, 9.17) is 0 Å². The number of nitroso groups, excluding NO2 is 1. The molecule has 0 radical (unpaired) electrons. The second-order valence-electron chi connectivity index (χ2n) is 4.07. The van der Waals surface area contributed by atoms with Gasteiger partial charge in [0, 0.05) is 0 Å². The third kappa shape index (κ3) is 2.50. The second-order valence-corrected chi connectivity index (χ2v) is 4.07. The molecule has 3 heteroatoms. The minimum Gasteiger partial charge on any atom is -0.197 e. The van der Waals surface area contributed by atoms with Crippen molar-refractivity contribution in [3.8, 4) is 0 Å². The molecule has 0 amide bonds. The van der Waals surface area contributed by atoms with Gasteiger partial charge in [-0.05, 0) is 49.2 Å². The monoisotopic (exact) mass is 226 g/mol. The summed E-state index contributed by atoms with van der Waals surface area (Å²) in [6.45, 7) is 3.98. The van der Waals surface area contributed by atoms with Gasteiger partial charge in [0.25, 0.3) is 0 Å².